The Labute approximate surface area is 167 Å². The Morgan fingerprint density at radius 3 is 2.24 bits per heavy atom. The summed E-state index contributed by atoms with van der Waals surface area (Å²) in [7, 11) is 1.71. The van der Waals surface area contributed by atoms with E-state index in [1.54, 1.807) is 34.8 Å². The van der Waals surface area contributed by atoms with Crippen molar-refractivity contribution in [1.82, 2.24) is 14.4 Å². The van der Waals surface area contributed by atoms with E-state index in [4.69, 9.17) is 0 Å². The number of Topliss-reactive ketones (excluding diaryl/α,β-unsaturated/α-hetero) is 1. The zero-order valence-corrected chi connectivity index (χ0v) is 16.0. The van der Waals surface area contributed by atoms with Crippen molar-refractivity contribution in [2.45, 2.75) is 0 Å². The van der Waals surface area contributed by atoms with E-state index in [1.807, 2.05) is 18.2 Å². The summed E-state index contributed by atoms with van der Waals surface area (Å²) in [4.78, 5) is 41.3. The lowest BCUT2D eigenvalue weighted by Gasteiger charge is -2.34. The van der Waals surface area contributed by atoms with Gasteiger partial charge in [-0.25, -0.2) is 4.39 Å². The Kier molecular flexibility index (Phi) is 4.88. The van der Waals surface area contributed by atoms with Crippen LogP contribution >= 0.6 is 0 Å². The van der Waals surface area contributed by atoms with Crippen molar-refractivity contribution in [2.75, 3.05) is 26.2 Å². The van der Waals surface area contributed by atoms with Crippen LogP contribution in [0.2, 0.25) is 0 Å². The Balaban J connectivity index is 1.46. The number of aromatic nitrogens is 1. The van der Waals surface area contributed by atoms with Crippen LogP contribution in [0.4, 0.5) is 4.39 Å². The Bertz CT molecular complexity index is 1100. The van der Waals surface area contributed by atoms with Crippen molar-refractivity contribution in [3.8, 4) is 0 Å². The van der Waals surface area contributed by atoms with Gasteiger partial charge in [-0.2, -0.15) is 0 Å². The second-order valence-electron chi connectivity index (χ2n) is 7.09. The highest BCUT2D eigenvalue weighted by molar-refractivity contribution is 6.44. The number of rotatable bonds is 3. The molecule has 0 spiro atoms. The number of benzene rings is 2. The summed E-state index contributed by atoms with van der Waals surface area (Å²) in [5.41, 5.74) is 1.42. The van der Waals surface area contributed by atoms with Gasteiger partial charge in [0.2, 0.25) is 0 Å². The fraction of sp³-hybridized carbons (Fsp3) is 0.227. The first-order valence-corrected chi connectivity index (χ1v) is 9.38. The molecule has 0 unspecified atom stereocenters. The highest BCUT2D eigenvalue weighted by atomic mass is 19.1. The summed E-state index contributed by atoms with van der Waals surface area (Å²) in [5, 5.41) is 0.546. The van der Waals surface area contributed by atoms with Gasteiger partial charge < -0.3 is 14.4 Å². The number of carbonyl (C=O) groups excluding carboxylic acids is 3. The molecule has 4 rings (SSSR count). The largest absolute Gasteiger partial charge is 0.350 e. The number of nitrogens with zero attached hydrogens (tertiary/aromatic N) is 3. The lowest BCUT2D eigenvalue weighted by atomic mass is 10.1. The molecule has 148 valence electrons. The summed E-state index contributed by atoms with van der Waals surface area (Å²) >= 11 is 0. The highest BCUT2D eigenvalue weighted by Crippen LogP contribution is 2.23. The average Bonchev–Trinajstić information content (AvgIpc) is 3.08. The van der Waals surface area contributed by atoms with E-state index in [-0.39, 0.29) is 11.5 Å². The number of piperazine rings is 1. The van der Waals surface area contributed by atoms with Crippen molar-refractivity contribution in [2.24, 2.45) is 7.05 Å². The third kappa shape index (κ3) is 3.51. The molecule has 1 aliphatic heterocycles. The first-order chi connectivity index (χ1) is 14.0. The molecule has 2 amide bonds. The molecule has 0 bridgehead atoms. The van der Waals surface area contributed by atoms with Gasteiger partial charge in [0.1, 0.15) is 5.82 Å². The molecule has 3 aromatic rings. The van der Waals surface area contributed by atoms with Crippen LogP contribution in [0.5, 0.6) is 0 Å². The smallest absolute Gasteiger partial charge is 0.295 e. The maximum Gasteiger partial charge on any atom is 0.295 e. The normalized spacial score (nSPS) is 14.3. The quantitative estimate of drug-likeness (QED) is 0.507. The summed E-state index contributed by atoms with van der Waals surface area (Å²) in [6.07, 6.45) is 1.56. The molecule has 0 radical (unpaired) electrons. The van der Waals surface area contributed by atoms with Crippen LogP contribution in [0.1, 0.15) is 20.7 Å². The van der Waals surface area contributed by atoms with Gasteiger partial charge in [0.05, 0.1) is 11.1 Å². The van der Waals surface area contributed by atoms with E-state index >= 15 is 0 Å². The van der Waals surface area contributed by atoms with Gasteiger partial charge in [-0.15, -0.1) is 0 Å². The number of aryl methyl sites for hydroxylation is 1. The molecular formula is C22H20FN3O3. The molecule has 1 saturated heterocycles. The molecule has 0 saturated carbocycles. The van der Waals surface area contributed by atoms with E-state index < -0.39 is 17.5 Å². The minimum atomic E-state index is -0.620. The zero-order valence-electron chi connectivity index (χ0n) is 16.0. The molecule has 29 heavy (non-hydrogen) atoms. The lowest BCUT2D eigenvalue weighted by Crippen LogP contribution is -2.52. The highest BCUT2D eigenvalue weighted by Gasteiger charge is 2.30. The molecule has 6 nitrogen and oxygen atoms in total. The molecule has 1 aliphatic rings. The minimum absolute atomic E-state index is 0.0832. The number of fused-ring (bicyclic) bond motifs is 1. The average molecular weight is 393 g/mol. The maximum atomic E-state index is 13.5. The van der Waals surface area contributed by atoms with E-state index in [0.717, 1.165) is 0 Å². The molecule has 0 N–H and O–H groups in total. The van der Waals surface area contributed by atoms with Gasteiger partial charge >= 0.3 is 0 Å². The number of halogens is 1. The van der Waals surface area contributed by atoms with Crippen molar-refractivity contribution < 1.29 is 18.8 Å². The van der Waals surface area contributed by atoms with E-state index in [9.17, 15) is 18.8 Å². The molecular weight excluding hydrogens is 373 g/mol. The number of carbonyl (C=O) groups is 3. The predicted octanol–water partition coefficient (Wildman–Crippen LogP) is 2.48. The molecule has 2 heterocycles. The Morgan fingerprint density at radius 1 is 0.897 bits per heavy atom. The Morgan fingerprint density at radius 2 is 1.55 bits per heavy atom. The molecule has 0 atom stereocenters. The third-order valence-corrected chi connectivity index (χ3v) is 5.27. The fourth-order valence-electron chi connectivity index (χ4n) is 3.67. The summed E-state index contributed by atoms with van der Waals surface area (Å²) in [6, 6.07) is 13.1. The third-order valence-electron chi connectivity index (χ3n) is 5.27. The van der Waals surface area contributed by atoms with Crippen LogP contribution in [0, 0.1) is 5.82 Å². The van der Waals surface area contributed by atoms with Crippen molar-refractivity contribution >= 4 is 28.5 Å². The monoisotopic (exact) mass is 393 g/mol. The molecule has 0 aliphatic carbocycles. The second-order valence-corrected chi connectivity index (χ2v) is 7.09. The van der Waals surface area contributed by atoms with Gasteiger partial charge in [0.15, 0.2) is 0 Å². The standard InChI is InChI=1S/C22H20FN3O3/c1-24-14-18(17-8-7-16(23)13-19(17)24)20(27)22(29)26-11-9-25(10-12-26)21(28)15-5-3-2-4-6-15/h2-8,13-14H,9-12H2,1H3. The summed E-state index contributed by atoms with van der Waals surface area (Å²) in [6.45, 7) is 1.33. The first-order valence-electron chi connectivity index (χ1n) is 9.38. The topological polar surface area (TPSA) is 62.6 Å². The second kappa shape index (κ2) is 7.50. The van der Waals surface area contributed by atoms with Gasteiger partial charge in [0.25, 0.3) is 17.6 Å². The summed E-state index contributed by atoms with van der Waals surface area (Å²) in [5.74, 6) is -1.71. The fourth-order valence-corrected chi connectivity index (χ4v) is 3.67. The van der Waals surface area contributed by atoms with Gasteiger partial charge in [0, 0.05) is 50.4 Å². The van der Waals surface area contributed by atoms with Crippen molar-refractivity contribution in [1.29, 1.82) is 0 Å². The molecule has 1 fully saturated rings. The van der Waals surface area contributed by atoms with E-state index in [2.05, 4.69) is 0 Å². The van der Waals surface area contributed by atoms with Crippen molar-refractivity contribution in [3.05, 3.63) is 71.7 Å². The van der Waals surface area contributed by atoms with Crippen LogP contribution in [0.15, 0.2) is 54.7 Å². The van der Waals surface area contributed by atoms with Crippen LogP contribution in [-0.2, 0) is 11.8 Å². The lowest BCUT2D eigenvalue weighted by molar-refractivity contribution is -0.127. The molecule has 1 aromatic heterocycles. The molecule has 2 aromatic carbocycles. The number of amides is 2. The minimum Gasteiger partial charge on any atom is -0.350 e. The predicted molar refractivity (Wildman–Crippen MR) is 106 cm³/mol. The number of hydrogen-bond donors (Lipinski definition) is 0. The number of ketones is 1. The maximum absolute atomic E-state index is 13.5. The van der Waals surface area contributed by atoms with E-state index in [0.29, 0.717) is 42.6 Å². The van der Waals surface area contributed by atoms with Crippen molar-refractivity contribution in [3.63, 3.8) is 0 Å². The van der Waals surface area contributed by atoms with Crippen LogP contribution in [-0.4, -0.2) is 58.1 Å². The zero-order chi connectivity index (χ0) is 20.5. The molecule has 7 heteroatoms. The van der Waals surface area contributed by atoms with Gasteiger partial charge in [-0.1, -0.05) is 18.2 Å². The van der Waals surface area contributed by atoms with Crippen LogP contribution < -0.4 is 0 Å². The SMILES string of the molecule is Cn1cc(C(=O)C(=O)N2CCN(C(=O)c3ccccc3)CC2)c2ccc(F)cc21. The van der Waals surface area contributed by atoms with Crippen LogP contribution in [0.3, 0.4) is 0 Å². The summed E-state index contributed by atoms with van der Waals surface area (Å²) < 4.78 is 15.1. The Hall–Kier alpha value is -3.48. The van der Waals surface area contributed by atoms with Gasteiger partial charge in [-0.3, -0.25) is 14.4 Å². The van der Waals surface area contributed by atoms with Crippen LogP contribution in [0.25, 0.3) is 10.9 Å². The van der Waals surface area contributed by atoms with Gasteiger partial charge in [-0.05, 0) is 30.3 Å². The number of hydrogen-bond acceptors (Lipinski definition) is 3. The first kappa shape index (κ1) is 18.9. The van der Waals surface area contributed by atoms with E-state index in [1.165, 1.54) is 23.1 Å².